The van der Waals surface area contributed by atoms with Crippen molar-refractivity contribution < 1.29 is 4.39 Å². The molecular weight excluding hydrogens is 223 g/mol. The average molecular weight is 235 g/mol. The van der Waals surface area contributed by atoms with Crippen LogP contribution >= 0.6 is 11.6 Å². The molecule has 2 rings (SSSR count). The highest BCUT2D eigenvalue weighted by molar-refractivity contribution is 6.30. The summed E-state index contributed by atoms with van der Waals surface area (Å²) in [5.41, 5.74) is 2.39. The zero-order chi connectivity index (χ0) is 11.4. The van der Waals surface area contributed by atoms with E-state index < -0.39 is 0 Å². The SMILES string of the molecule is Fc1ccc(CCc2ccc(Cl)cc2)cc1. The number of hydrogen-bond donors (Lipinski definition) is 0. The third-order valence-electron chi connectivity index (χ3n) is 2.53. The van der Waals surface area contributed by atoms with E-state index in [9.17, 15) is 4.39 Å². The van der Waals surface area contributed by atoms with Crippen molar-refractivity contribution in [2.24, 2.45) is 0 Å². The Morgan fingerprint density at radius 2 is 1.19 bits per heavy atom. The molecule has 0 radical (unpaired) electrons. The van der Waals surface area contributed by atoms with Crippen molar-refractivity contribution in [2.45, 2.75) is 12.8 Å². The van der Waals surface area contributed by atoms with Gasteiger partial charge in [0.15, 0.2) is 0 Å². The van der Waals surface area contributed by atoms with Crippen LogP contribution in [0.4, 0.5) is 4.39 Å². The van der Waals surface area contributed by atoms with Gasteiger partial charge in [-0.05, 0) is 48.2 Å². The van der Waals surface area contributed by atoms with E-state index in [4.69, 9.17) is 11.6 Å². The predicted octanol–water partition coefficient (Wildman–Crippen LogP) is 4.26. The van der Waals surface area contributed by atoms with E-state index >= 15 is 0 Å². The van der Waals surface area contributed by atoms with Crippen LogP contribution in [0.2, 0.25) is 5.02 Å². The summed E-state index contributed by atoms with van der Waals surface area (Å²) >= 11 is 5.80. The Labute approximate surface area is 99.7 Å². The van der Waals surface area contributed by atoms with E-state index in [-0.39, 0.29) is 5.82 Å². The molecule has 0 amide bonds. The Balaban J connectivity index is 1.97. The number of halogens is 2. The summed E-state index contributed by atoms with van der Waals surface area (Å²) < 4.78 is 12.7. The standard InChI is InChI=1S/C14H12ClF/c15-13-7-3-11(4-8-13)1-2-12-5-9-14(16)10-6-12/h3-10H,1-2H2. The van der Waals surface area contributed by atoms with Gasteiger partial charge in [0, 0.05) is 5.02 Å². The Bertz CT molecular complexity index is 400. The van der Waals surface area contributed by atoms with Gasteiger partial charge in [0.2, 0.25) is 0 Å². The molecule has 82 valence electrons. The lowest BCUT2D eigenvalue weighted by Gasteiger charge is -2.02. The van der Waals surface area contributed by atoms with Gasteiger partial charge in [-0.15, -0.1) is 0 Å². The molecule has 0 aromatic heterocycles. The van der Waals surface area contributed by atoms with Gasteiger partial charge in [-0.25, -0.2) is 4.39 Å². The summed E-state index contributed by atoms with van der Waals surface area (Å²) in [4.78, 5) is 0. The Kier molecular flexibility index (Phi) is 3.58. The van der Waals surface area contributed by atoms with E-state index in [0.717, 1.165) is 23.4 Å². The third kappa shape index (κ3) is 3.07. The van der Waals surface area contributed by atoms with E-state index in [1.807, 2.05) is 36.4 Å². The number of benzene rings is 2. The first-order chi connectivity index (χ1) is 7.74. The van der Waals surface area contributed by atoms with Gasteiger partial charge < -0.3 is 0 Å². The largest absolute Gasteiger partial charge is 0.207 e. The van der Waals surface area contributed by atoms with Crippen LogP contribution in [0, 0.1) is 5.82 Å². The lowest BCUT2D eigenvalue weighted by atomic mass is 10.0. The molecule has 0 nitrogen and oxygen atoms in total. The maximum Gasteiger partial charge on any atom is 0.123 e. The first-order valence-electron chi connectivity index (χ1n) is 5.23. The molecule has 0 fully saturated rings. The molecule has 0 heterocycles. The number of rotatable bonds is 3. The summed E-state index contributed by atoms with van der Waals surface area (Å²) in [6.45, 7) is 0. The molecule has 0 unspecified atom stereocenters. The van der Waals surface area contributed by atoms with Crippen LogP contribution in [-0.2, 0) is 12.8 Å². The monoisotopic (exact) mass is 234 g/mol. The molecule has 0 aliphatic heterocycles. The Morgan fingerprint density at radius 1 is 0.750 bits per heavy atom. The maximum atomic E-state index is 12.7. The van der Waals surface area contributed by atoms with Crippen LogP contribution < -0.4 is 0 Å². The van der Waals surface area contributed by atoms with Gasteiger partial charge in [0.1, 0.15) is 5.82 Å². The quantitative estimate of drug-likeness (QED) is 0.744. The first-order valence-corrected chi connectivity index (χ1v) is 5.61. The average Bonchev–Trinajstić information content (AvgIpc) is 2.30. The highest BCUT2D eigenvalue weighted by Gasteiger charge is 1.96. The predicted molar refractivity (Wildman–Crippen MR) is 65.3 cm³/mol. The first kappa shape index (κ1) is 11.2. The van der Waals surface area contributed by atoms with Crippen LogP contribution in [0.1, 0.15) is 11.1 Å². The van der Waals surface area contributed by atoms with Crippen LogP contribution in [0.25, 0.3) is 0 Å². The van der Waals surface area contributed by atoms with Crippen molar-refractivity contribution in [2.75, 3.05) is 0 Å². The lowest BCUT2D eigenvalue weighted by Crippen LogP contribution is -1.91. The molecule has 16 heavy (non-hydrogen) atoms. The summed E-state index contributed by atoms with van der Waals surface area (Å²) in [5.74, 6) is -0.185. The highest BCUT2D eigenvalue weighted by atomic mass is 35.5. The molecule has 0 aliphatic carbocycles. The van der Waals surface area contributed by atoms with Crippen LogP contribution in [0.5, 0.6) is 0 Å². The second kappa shape index (κ2) is 5.13. The van der Waals surface area contributed by atoms with Crippen molar-refractivity contribution in [1.29, 1.82) is 0 Å². The topological polar surface area (TPSA) is 0 Å². The van der Waals surface area contributed by atoms with Gasteiger partial charge in [-0.3, -0.25) is 0 Å². The normalized spacial score (nSPS) is 10.4. The zero-order valence-corrected chi connectivity index (χ0v) is 9.54. The molecule has 0 saturated carbocycles. The van der Waals surface area contributed by atoms with Crippen molar-refractivity contribution >= 4 is 11.6 Å². The van der Waals surface area contributed by atoms with E-state index in [1.165, 1.54) is 17.7 Å². The van der Waals surface area contributed by atoms with Crippen molar-refractivity contribution in [3.63, 3.8) is 0 Å². The fraction of sp³-hybridized carbons (Fsp3) is 0.143. The van der Waals surface area contributed by atoms with Gasteiger partial charge in [0.05, 0.1) is 0 Å². The molecule has 0 aliphatic rings. The minimum absolute atomic E-state index is 0.185. The van der Waals surface area contributed by atoms with E-state index in [0.29, 0.717) is 0 Å². The van der Waals surface area contributed by atoms with Gasteiger partial charge in [-0.2, -0.15) is 0 Å². The summed E-state index contributed by atoms with van der Waals surface area (Å²) in [7, 11) is 0. The van der Waals surface area contributed by atoms with E-state index in [2.05, 4.69) is 0 Å². The maximum absolute atomic E-state index is 12.7. The molecule has 0 atom stereocenters. The van der Waals surface area contributed by atoms with Crippen LogP contribution in [0.15, 0.2) is 48.5 Å². The number of hydrogen-bond acceptors (Lipinski definition) is 0. The number of aryl methyl sites for hydroxylation is 2. The minimum atomic E-state index is -0.185. The van der Waals surface area contributed by atoms with Crippen molar-refractivity contribution in [3.8, 4) is 0 Å². The molecule has 0 saturated heterocycles. The zero-order valence-electron chi connectivity index (χ0n) is 8.79. The molecule has 0 spiro atoms. The summed E-state index contributed by atoms with van der Waals surface area (Å²) in [6, 6.07) is 14.5. The highest BCUT2D eigenvalue weighted by Crippen LogP contribution is 2.12. The fourth-order valence-electron chi connectivity index (χ4n) is 1.59. The van der Waals surface area contributed by atoms with Crippen LogP contribution in [0.3, 0.4) is 0 Å². The molecule has 2 heteroatoms. The molecule has 0 bridgehead atoms. The lowest BCUT2D eigenvalue weighted by molar-refractivity contribution is 0.627. The van der Waals surface area contributed by atoms with Crippen LogP contribution in [-0.4, -0.2) is 0 Å². The summed E-state index contributed by atoms with van der Waals surface area (Å²) in [6.07, 6.45) is 1.87. The molecule has 2 aromatic carbocycles. The Hall–Kier alpha value is -1.34. The van der Waals surface area contributed by atoms with E-state index in [1.54, 1.807) is 0 Å². The Morgan fingerprint density at radius 3 is 1.69 bits per heavy atom. The molecular formula is C14H12ClF. The van der Waals surface area contributed by atoms with Gasteiger partial charge >= 0.3 is 0 Å². The minimum Gasteiger partial charge on any atom is -0.207 e. The van der Waals surface area contributed by atoms with Gasteiger partial charge in [0.25, 0.3) is 0 Å². The molecule has 0 N–H and O–H groups in total. The summed E-state index contributed by atoms with van der Waals surface area (Å²) in [5, 5.41) is 0.755. The second-order valence-electron chi connectivity index (χ2n) is 3.75. The fourth-order valence-corrected chi connectivity index (χ4v) is 1.72. The van der Waals surface area contributed by atoms with Crippen molar-refractivity contribution in [1.82, 2.24) is 0 Å². The van der Waals surface area contributed by atoms with Gasteiger partial charge in [-0.1, -0.05) is 35.9 Å². The van der Waals surface area contributed by atoms with Crippen molar-refractivity contribution in [3.05, 3.63) is 70.5 Å². The smallest absolute Gasteiger partial charge is 0.123 e. The molecule has 2 aromatic rings. The third-order valence-corrected chi connectivity index (χ3v) is 2.78. The second-order valence-corrected chi connectivity index (χ2v) is 4.19.